The molecule has 1 aliphatic rings. The Kier molecular flexibility index (Phi) is 4.65. The van der Waals surface area contributed by atoms with Gasteiger partial charge in [0.1, 0.15) is 0 Å². The van der Waals surface area contributed by atoms with E-state index in [1.165, 1.54) is 6.07 Å². The van der Waals surface area contributed by atoms with Crippen LogP contribution in [0.25, 0.3) is 22.0 Å². The van der Waals surface area contributed by atoms with Crippen LogP contribution in [0.5, 0.6) is 0 Å². The van der Waals surface area contributed by atoms with E-state index in [9.17, 15) is 22.7 Å². The van der Waals surface area contributed by atoms with Crippen molar-refractivity contribution in [1.29, 1.82) is 0 Å². The summed E-state index contributed by atoms with van der Waals surface area (Å²) >= 11 is 0. The molecular weight excluding hydrogens is 386 g/mol. The largest absolute Gasteiger partial charge is 0.366 e. The number of nitrogens with one attached hydrogen (secondary N) is 1. The molecule has 5 N–H and O–H groups in total. The van der Waals surface area contributed by atoms with Crippen molar-refractivity contribution in [3.8, 4) is 11.1 Å². The average molecular weight is 406 g/mol. The number of H-pyrrole nitrogens is 1. The van der Waals surface area contributed by atoms with Crippen molar-refractivity contribution >= 4 is 27.4 Å². The van der Waals surface area contributed by atoms with Crippen LogP contribution in [0.15, 0.2) is 36.5 Å². The molecule has 0 bridgehead atoms. The molecule has 0 radical (unpaired) electrons. The first-order chi connectivity index (χ1) is 13.2. The van der Waals surface area contributed by atoms with Gasteiger partial charge in [0.05, 0.1) is 11.1 Å². The van der Waals surface area contributed by atoms with Gasteiger partial charge in [-0.1, -0.05) is 6.07 Å². The topological polar surface area (TPSA) is 99.3 Å². The summed E-state index contributed by atoms with van der Waals surface area (Å²) < 4.78 is 46.7. The van der Waals surface area contributed by atoms with Gasteiger partial charge < -0.3 is 10.7 Å². The third kappa shape index (κ3) is 3.39. The SMILES string of the molecule is NC(=O)c1cc(-c2ccc(F)c(F)c2)cc2c(C3CCS(O)(O)CC3)c[nH]c12. The first kappa shape index (κ1) is 18.9. The van der Waals surface area contributed by atoms with Crippen LogP contribution in [0.2, 0.25) is 0 Å². The summed E-state index contributed by atoms with van der Waals surface area (Å²) in [7, 11) is -2.50. The molecule has 28 heavy (non-hydrogen) atoms. The van der Waals surface area contributed by atoms with Crippen LogP contribution in [0.4, 0.5) is 8.78 Å². The summed E-state index contributed by atoms with van der Waals surface area (Å²) in [6.45, 7) is 0. The van der Waals surface area contributed by atoms with E-state index in [4.69, 9.17) is 5.73 Å². The molecule has 1 fully saturated rings. The predicted octanol–water partition coefficient (Wildman–Crippen LogP) is 4.84. The number of hydrogen-bond donors (Lipinski definition) is 4. The first-order valence-corrected chi connectivity index (χ1v) is 10.8. The number of rotatable bonds is 3. The second kappa shape index (κ2) is 6.88. The van der Waals surface area contributed by atoms with Gasteiger partial charge in [-0.3, -0.25) is 13.9 Å². The Morgan fingerprint density at radius 3 is 2.43 bits per heavy atom. The molecule has 0 atom stereocenters. The molecule has 2 heterocycles. The zero-order valence-electron chi connectivity index (χ0n) is 14.9. The fraction of sp³-hybridized carbons (Fsp3) is 0.250. The van der Waals surface area contributed by atoms with E-state index in [1.807, 2.05) is 12.3 Å². The Balaban J connectivity index is 1.84. The molecule has 0 saturated carbocycles. The summed E-state index contributed by atoms with van der Waals surface area (Å²) in [5, 5.41) is 0.777. The highest BCUT2D eigenvalue weighted by atomic mass is 32.3. The number of carbonyl (C=O) groups is 1. The molecule has 5 nitrogen and oxygen atoms in total. The molecule has 8 heteroatoms. The van der Waals surface area contributed by atoms with E-state index in [-0.39, 0.29) is 11.5 Å². The third-order valence-corrected chi connectivity index (χ3v) is 7.15. The van der Waals surface area contributed by atoms with Crippen LogP contribution in [-0.2, 0) is 0 Å². The van der Waals surface area contributed by atoms with Crippen LogP contribution in [0.3, 0.4) is 0 Å². The molecule has 1 aliphatic heterocycles. The van der Waals surface area contributed by atoms with Crippen molar-refractivity contribution in [1.82, 2.24) is 4.98 Å². The van der Waals surface area contributed by atoms with Gasteiger partial charge in [0.25, 0.3) is 5.91 Å². The van der Waals surface area contributed by atoms with Gasteiger partial charge >= 0.3 is 0 Å². The summed E-state index contributed by atoms with van der Waals surface area (Å²) in [4.78, 5) is 15.1. The number of halogens is 2. The Bertz CT molecular complexity index is 1070. The standard InChI is InChI=1S/C20H20F2N2O3S/c21-17-2-1-12(9-18(17)22)13-7-14-16(11-3-5-28(26,27)6-4-11)10-24-19(14)15(8-13)20(23)25/h1-2,7-11,24,26-27H,3-6H2,(H2,23,25). The van der Waals surface area contributed by atoms with Gasteiger partial charge in [-0.05, 0) is 59.7 Å². The second-order valence-electron chi connectivity index (χ2n) is 7.17. The molecule has 148 valence electrons. The van der Waals surface area contributed by atoms with Gasteiger partial charge in [0, 0.05) is 23.1 Å². The Labute approximate surface area is 161 Å². The number of aromatic amines is 1. The lowest BCUT2D eigenvalue weighted by Crippen LogP contribution is -2.19. The fourth-order valence-corrected chi connectivity index (χ4v) is 5.37. The summed E-state index contributed by atoms with van der Waals surface area (Å²) in [5.74, 6) is -1.74. The van der Waals surface area contributed by atoms with Crippen LogP contribution >= 0.6 is 10.6 Å². The maximum Gasteiger partial charge on any atom is 0.250 e. The van der Waals surface area contributed by atoms with Gasteiger partial charge in [0.2, 0.25) is 0 Å². The summed E-state index contributed by atoms with van der Waals surface area (Å²) in [6.07, 6.45) is 3.06. The number of primary amides is 1. The molecule has 1 aromatic heterocycles. The predicted molar refractivity (Wildman–Crippen MR) is 107 cm³/mol. The number of aromatic nitrogens is 1. The van der Waals surface area contributed by atoms with Gasteiger partial charge in [-0.15, -0.1) is 0 Å². The first-order valence-electron chi connectivity index (χ1n) is 8.89. The quantitative estimate of drug-likeness (QED) is 0.501. The average Bonchev–Trinajstić information content (AvgIpc) is 3.07. The fourth-order valence-electron chi connectivity index (χ4n) is 3.85. The number of amides is 1. The van der Waals surface area contributed by atoms with Crippen LogP contribution in [0, 0.1) is 11.6 Å². The minimum Gasteiger partial charge on any atom is -0.366 e. The van der Waals surface area contributed by atoms with E-state index in [0.29, 0.717) is 41.0 Å². The number of benzene rings is 2. The van der Waals surface area contributed by atoms with Crippen LogP contribution < -0.4 is 5.73 Å². The summed E-state index contributed by atoms with van der Waals surface area (Å²) in [5.41, 5.74) is 8.35. The highest BCUT2D eigenvalue weighted by molar-refractivity contribution is 8.24. The third-order valence-electron chi connectivity index (χ3n) is 5.37. The lowest BCUT2D eigenvalue weighted by atomic mass is 9.91. The molecule has 3 aromatic rings. The molecular formula is C20H20F2N2O3S. The Hall–Kier alpha value is -2.42. The molecule has 0 unspecified atom stereocenters. The van der Waals surface area contributed by atoms with Crippen molar-refractivity contribution in [3.63, 3.8) is 0 Å². The number of hydrogen-bond acceptors (Lipinski definition) is 3. The molecule has 0 spiro atoms. The van der Waals surface area contributed by atoms with Crippen molar-refractivity contribution in [2.45, 2.75) is 18.8 Å². The smallest absolute Gasteiger partial charge is 0.250 e. The minimum atomic E-state index is -2.50. The van der Waals surface area contributed by atoms with Crippen molar-refractivity contribution < 1.29 is 22.7 Å². The molecule has 1 amide bonds. The normalized spacial score (nSPS) is 18.3. The Morgan fingerprint density at radius 1 is 1.07 bits per heavy atom. The van der Waals surface area contributed by atoms with E-state index in [1.54, 1.807) is 6.07 Å². The van der Waals surface area contributed by atoms with E-state index in [0.717, 1.165) is 23.1 Å². The molecule has 4 rings (SSSR count). The van der Waals surface area contributed by atoms with Crippen molar-refractivity contribution in [3.05, 3.63) is 59.3 Å². The van der Waals surface area contributed by atoms with Gasteiger partial charge in [-0.2, -0.15) is 10.6 Å². The molecule has 1 saturated heterocycles. The van der Waals surface area contributed by atoms with E-state index in [2.05, 4.69) is 4.98 Å². The number of carbonyl (C=O) groups excluding carboxylic acids is 1. The zero-order valence-corrected chi connectivity index (χ0v) is 15.7. The van der Waals surface area contributed by atoms with Gasteiger partial charge in [0.15, 0.2) is 11.6 Å². The van der Waals surface area contributed by atoms with E-state index < -0.39 is 28.1 Å². The Morgan fingerprint density at radius 2 is 1.79 bits per heavy atom. The zero-order chi connectivity index (χ0) is 20.1. The lowest BCUT2D eigenvalue weighted by Gasteiger charge is -2.39. The molecule has 2 aromatic carbocycles. The maximum absolute atomic E-state index is 13.7. The second-order valence-corrected chi connectivity index (χ2v) is 9.59. The van der Waals surface area contributed by atoms with E-state index >= 15 is 0 Å². The van der Waals surface area contributed by atoms with Crippen molar-refractivity contribution in [2.24, 2.45) is 5.73 Å². The highest BCUT2D eigenvalue weighted by Gasteiger charge is 2.27. The van der Waals surface area contributed by atoms with Crippen LogP contribution in [0.1, 0.15) is 34.7 Å². The highest BCUT2D eigenvalue weighted by Crippen LogP contribution is 2.49. The minimum absolute atomic E-state index is 0.106. The molecule has 0 aliphatic carbocycles. The summed E-state index contributed by atoms with van der Waals surface area (Å²) in [6, 6.07) is 6.97. The van der Waals surface area contributed by atoms with Gasteiger partial charge in [-0.25, -0.2) is 8.78 Å². The lowest BCUT2D eigenvalue weighted by molar-refractivity contribution is 0.100. The van der Waals surface area contributed by atoms with Crippen LogP contribution in [-0.4, -0.2) is 31.5 Å². The number of nitrogens with two attached hydrogens (primary N) is 1. The monoisotopic (exact) mass is 406 g/mol. The number of fused-ring (bicyclic) bond motifs is 1. The van der Waals surface area contributed by atoms with Crippen molar-refractivity contribution in [2.75, 3.05) is 11.5 Å². The maximum atomic E-state index is 13.7.